The highest BCUT2D eigenvalue weighted by Crippen LogP contribution is 2.34. The van der Waals surface area contributed by atoms with E-state index in [0.717, 1.165) is 22.6 Å². The van der Waals surface area contributed by atoms with Crippen molar-refractivity contribution in [2.75, 3.05) is 25.5 Å². The smallest absolute Gasteiger partial charge is 0.352 e. The second-order valence-corrected chi connectivity index (χ2v) is 8.67. The molecule has 0 heterocycles. The first-order chi connectivity index (χ1) is 15.3. The average molecular weight is 464 g/mol. The number of hydrogen-bond acceptors (Lipinski definition) is 3. The van der Waals surface area contributed by atoms with Gasteiger partial charge in [0.15, 0.2) is 0 Å². The van der Waals surface area contributed by atoms with Crippen LogP contribution >= 0.6 is 0 Å². The van der Waals surface area contributed by atoms with E-state index in [4.69, 9.17) is 0 Å². The van der Waals surface area contributed by atoms with Gasteiger partial charge in [0, 0.05) is 25.6 Å². The molecule has 0 aliphatic heterocycles. The Balaban J connectivity index is 1.83. The molecule has 0 saturated carbocycles. The Hall–Kier alpha value is -3.36. The lowest BCUT2D eigenvalue weighted by atomic mass is 9.87. The molecule has 0 radical (unpaired) electrons. The van der Waals surface area contributed by atoms with E-state index in [1.54, 1.807) is 12.1 Å². The largest absolute Gasteiger partial charge is 0.418 e. The number of rotatable bonds is 7. The Morgan fingerprint density at radius 3 is 2.12 bits per heavy atom. The van der Waals surface area contributed by atoms with Gasteiger partial charge in [0.1, 0.15) is 0 Å². The van der Waals surface area contributed by atoms with E-state index in [0.29, 0.717) is 5.56 Å². The first-order valence-corrected chi connectivity index (χ1v) is 10.4. The minimum absolute atomic E-state index is 0.0346. The number of likely N-dealkylation sites (N-methyl/N-ethyl adjacent to an activating group) is 1. The van der Waals surface area contributed by atoms with Gasteiger partial charge in [0.25, 0.3) is 5.91 Å². The Bertz CT molecular complexity index is 996. The van der Waals surface area contributed by atoms with E-state index >= 15 is 0 Å². The van der Waals surface area contributed by atoms with Gasteiger partial charge < -0.3 is 15.5 Å². The summed E-state index contributed by atoms with van der Waals surface area (Å²) >= 11 is 0. The van der Waals surface area contributed by atoms with Gasteiger partial charge in [-0.25, -0.2) is 0 Å². The molecule has 0 aromatic heterocycles. The highest BCUT2D eigenvalue weighted by molar-refractivity contribution is 5.96. The zero-order valence-corrected chi connectivity index (χ0v) is 19.0. The SMILES string of the molecule is CN(CC(=O)Nc1ccccc1C(F)(F)F)C(=O)CCNC(=O)c1ccc(C(C)(C)C)cc1. The summed E-state index contributed by atoms with van der Waals surface area (Å²) in [6.45, 7) is 5.84. The lowest BCUT2D eigenvalue weighted by Crippen LogP contribution is -2.37. The molecule has 0 spiro atoms. The maximum atomic E-state index is 13.0. The molecule has 178 valence electrons. The quantitative estimate of drug-likeness (QED) is 0.646. The van der Waals surface area contributed by atoms with Gasteiger partial charge in [-0.2, -0.15) is 13.2 Å². The molecule has 33 heavy (non-hydrogen) atoms. The maximum absolute atomic E-state index is 13.0. The number of anilines is 1. The van der Waals surface area contributed by atoms with Crippen LogP contribution in [0.15, 0.2) is 48.5 Å². The van der Waals surface area contributed by atoms with E-state index in [9.17, 15) is 27.6 Å². The minimum atomic E-state index is -4.61. The number of alkyl halides is 3. The van der Waals surface area contributed by atoms with Crippen LogP contribution < -0.4 is 10.6 Å². The van der Waals surface area contributed by atoms with Gasteiger partial charge in [0.2, 0.25) is 11.8 Å². The third kappa shape index (κ3) is 7.62. The standard InChI is InChI=1S/C24H28F3N3O3/c1-23(2,3)17-11-9-16(10-12-17)22(33)28-14-13-21(32)30(4)15-20(31)29-19-8-6-5-7-18(19)24(25,26)27/h5-12H,13-15H2,1-4H3,(H,28,33)(H,29,31). The number of carbonyl (C=O) groups is 3. The van der Waals surface area contributed by atoms with Crippen molar-refractivity contribution in [3.05, 3.63) is 65.2 Å². The van der Waals surface area contributed by atoms with Crippen LogP contribution in [0.5, 0.6) is 0 Å². The number of amides is 3. The van der Waals surface area contributed by atoms with Crippen LogP contribution in [0.1, 0.15) is 48.7 Å². The molecule has 0 unspecified atom stereocenters. The molecular formula is C24H28F3N3O3. The topological polar surface area (TPSA) is 78.5 Å². The average Bonchev–Trinajstić information content (AvgIpc) is 2.72. The molecule has 2 N–H and O–H groups in total. The summed E-state index contributed by atoms with van der Waals surface area (Å²) in [7, 11) is 1.37. The van der Waals surface area contributed by atoms with Crippen molar-refractivity contribution >= 4 is 23.4 Å². The van der Waals surface area contributed by atoms with Crippen LogP contribution in [0.3, 0.4) is 0 Å². The van der Waals surface area contributed by atoms with Crippen molar-refractivity contribution in [3.8, 4) is 0 Å². The second kappa shape index (κ2) is 10.5. The van der Waals surface area contributed by atoms with Crippen LogP contribution in [0.25, 0.3) is 0 Å². The zero-order chi connectivity index (χ0) is 24.8. The third-order valence-electron chi connectivity index (χ3n) is 4.95. The van der Waals surface area contributed by atoms with Gasteiger partial charge in [-0.05, 0) is 35.2 Å². The minimum Gasteiger partial charge on any atom is -0.352 e. The summed E-state index contributed by atoms with van der Waals surface area (Å²) in [4.78, 5) is 37.7. The Morgan fingerprint density at radius 2 is 1.55 bits per heavy atom. The van der Waals surface area contributed by atoms with E-state index in [2.05, 4.69) is 31.4 Å². The van der Waals surface area contributed by atoms with Crippen LogP contribution in [-0.2, 0) is 21.2 Å². The van der Waals surface area contributed by atoms with Gasteiger partial charge in [-0.15, -0.1) is 0 Å². The number of nitrogens with one attached hydrogen (secondary N) is 2. The molecule has 0 fully saturated rings. The summed E-state index contributed by atoms with van der Waals surface area (Å²) in [5.74, 6) is -1.52. The van der Waals surface area contributed by atoms with Crippen molar-refractivity contribution in [1.29, 1.82) is 0 Å². The molecule has 2 rings (SSSR count). The zero-order valence-electron chi connectivity index (χ0n) is 19.0. The fourth-order valence-corrected chi connectivity index (χ4v) is 3.03. The molecule has 0 atom stereocenters. The van der Waals surface area contributed by atoms with Crippen LogP contribution in [0, 0.1) is 0 Å². The second-order valence-electron chi connectivity index (χ2n) is 8.67. The molecule has 0 aliphatic carbocycles. The lowest BCUT2D eigenvalue weighted by Gasteiger charge is -2.19. The molecule has 2 aromatic rings. The summed E-state index contributed by atoms with van der Waals surface area (Å²) in [6.07, 6.45) is -4.67. The van der Waals surface area contributed by atoms with Crippen LogP contribution in [0.4, 0.5) is 18.9 Å². The van der Waals surface area contributed by atoms with E-state index in [1.807, 2.05) is 12.1 Å². The summed E-state index contributed by atoms with van der Waals surface area (Å²) in [5.41, 5.74) is 0.178. The summed E-state index contributed by atoms with van der Waals surface area (Å²) in [5, 5.41) is 4.84. The monoisotopic (exact) mass is 463 g/mol. The molecule has 9 heteroatoms. The first kappa shape index (κ1) is 25.9. The van der Waals surface area contributed by atoms with E-state index in [1.165, 1.54) is 19.2 Å². The lowest BCUT2D eigenvalue weighted by molar-refractivity contribution is -0.137. The fraction of sp³-hybridized carbons (Fsp3) is 0.375. The Morgan fingerprint density at radius 1 is 0.939 bits per heavy atom. The highest BCUT2D eigenvalue weighted by Gasteiger charge is 2.33. The number of halogens is 3. The van der Waals surface area contributed by atoms with Crippen LogP contribution in [-0.4, -0.2) is 42.8 Å². The summed E-state index contributed by atoms with van der Waals surface area (Å²) < 4.78 is 39.1. The maximum Gasteiger partial charge on any atom is 0.418 e. The van der Waals surface area contributed by atoms with Crippen molar-refractivity contribution in [2.45, 2.75) is 38.8 Å². The van der Waals surface area contributed by atoms with Gasteiger partial charge in [-0.3, -0.25) is 14.4 Å². The number of hydrogen-bond donors (Lipinski definition) is 2. The van der Waals surface area contributed by atoms with Crippen LogP contribution in [0.2, 0.25) is 0 Å². The number of benzene rings is 2. The molecule has 0 bridgehead atoms. The van der Waals surface area contributed by atoms with Crippen molar-refractivity contribution in [1.82, 2.24) is 10.2 Å². The first-order valence-electron chi connectivity index (χ1n) is 10.4. The molecule has 0 saturated heterocycles. The van der Waals surface area contributed by atoms with Gasteiger partial charge >= 0.3 is 6.18 Å². The van der Waals surface area contributed by atoms with Crippen molar-refractivity contribution in [3.63, 3.8) is 0 Å². The number of carbonyl (C=O) groups excluding carboxylic acids is 3. The third-order valence-corrected chi connectivity index (χ3v) is 4.95. The normalized spacial score (nSPS) is 11.6. The summed E-state index contributed by atoms with van der Waals surface area (Å²) in [6, 6.07) is 11.8. The Kier molecular flexibility index (Phi) is 8.24. The molecular weight excluding hydrogens is 435 g/mol. The predicted octanol–water partition coefficient (Wildman–Crippen LogP) is 4.22. The Labute approximate surface area is 191 Å². The van der Waals surface area contributed by atoms with E-state index < -0.39 is 30.1 Å². The number of para-hydroxylation sites is 1. The molecule has 0 aliphatic rings. The van der Waals surface area contributed by atoms with Crippen molar-refractivity contribution in [2.24, 2.45) is 0 Å². The molecule has 6 nitrogen and oxygen atoms in total. The van der Waals surface area contributed by atoms with Crippen molar-refractivity contribution < 1.29 is 27.6 Å². The fourth-order valence-electron chi connectivity index (χ4n) is 3.03. The molecule has 2 aromatic carbocycles. The van der Waals surface area contributed by atoms with Gasteiger partial charge in [-0.1, -0.05) is 45.0 Å². The van der Waals surface area contributed by atoms with E-state index in [-0.39, 0.29) is 30.0 Å². The predicted molar refractivity (Wildman–Crippen MR) is 120 cm³/mol. The number of nitrogens with zero attached hydrogens (tertiary/aromatic N) is 1. The highest BCUT2D eigenvalue weighted by atomic mass is 19.4. The molecule has 3 amide bonds. The van der Waals surface area contributed by atoms with Gasteiger partial charge in [0.05, 0.1) is 17.8 Å².